The molecule has 1 heterocycles. The van der Waals surface area contributed by atoms with E-state index in [9.17, 15) is 9.59 Å². The summed E-state index contributed by atoms with van der Waals surface area (Å²) in [6.45, 7) is 0.988. The van der Waals surface area contributed by atoms with Gasteiger partial charge in [0.2, 0.25) is 5.91 Å². The van der Waals surface area contributed by atoms with Crippen LogP contribution in [0.25, 0.3) is 0 Å². The zero-order chi connectivity index (χ0) is 18.4. The molecule has 0 bridgehead atoms. The van der Waals surface area contributed by atoms with Crippen LogP contribution in [-0.4, -0.2) is 48.0 Å². The highest BCUT2D eigenvalue weighted by Gasteiger charge is 2.31. The topological polar surface area (TPSA) is 55.8 Å². The van der Waals surface area contributed by atoms with Gasteiger partial charge in [-0.1, -0.05) is 42.5 Å². The van der Waals surface area contributed by atoms with Crippen molar-refractivity contribution < 1.29 is 19.1 Å². The van der Waals surface area contributed by atoms with E-state index in [1.807, 2.05) is 30.3 Å². The number of ketones is 1. The second-order valence-electron chi connectivity index (χ2n) is 5.84. The number of carbonyl (C=O) groups is 2. The maximum absolute atomic E-state index is 12.6. The third-order valence-electron chi connectivity index (χ3n) is 4.17. The number of para-hydroxylation sites is 2. The zero-order valence-corrected chi connectivity index (χ0v) is 15.4. The minimum Gasteiger partial charge on any atom is -0.493 e. The van der Waals surface area contributed by atoms with Gasteiger partial charge in [0.25, 0.3) is 0 Å². The Hall–Kier alpha value is -2.47. The zero-order valence-electron chi connectivity index (χ0n) is 14.6. The fourth-order valence-corrected chi connectivity index (χ4v) is 3.95. The Balaban J connectivity index is 1.59. The average molecular weight is 371 g/mol. The van der Waals surface area contributed by atoms with Gasteiger partial charge in [0.05, 0.1) is 13.5 Å². The number of carbonyl (C=O) groups excluding carboxylic acids is 2. The number of Topliss-reactive ketones (excluding diaryl/α,β-unsaturated/α-hetero) is 1. The maximum atomic E-state index is 12.6. The number of ether oxygens (including phenoxy) is 2. The molecule has 1 fully saturated rings. The van der Waals surface area contributed by atoms with Crippen molar-refractivity contribution in [3.63, 3.8) is 0 Å². The Bertz CT molecular complexity index is 765. The molecule has 2 aromatic carbocycles. The van der Waals surface area contributed by atoms with E-state index in [0.29, 0.717) is 30.2 Å². The maximum Gasteiger partial charge on any atom is 0.231 e. The second kappa shape index (κ2) is 8.76. The number of methoxy groups -OCH3 is 1. The molecule has 0 radical (unpaired) electrons. The number of hydrogen-bond acceptors (Lipinski definition) is 5. The third kappa shape index (κ3) is 4.38. The van der Waals surface area contributed by atoms with Gasteiger partial charge in [0, 0.05) is 17.9 Å². The quantitative estimate of drug-likeness (QED) is 0.552. The van der Waals surface area contributed by atoms with Gasteiger partial charge in [-0.25, -0.2) is 0 Å². The Morgan fingerprint density at radius 2 is 1.77 bits per heavy atom. The van der Waals surface area contributed by atoms with Crippen molar-refractivity contribution in [1.82, 2.24) is 4.90 Å². The molecule has 2 aromatic rings. The van der Waals surface area contributed by atoms with Crippen molar-refractivity contribution in [2.24, 2.45) is 0 Å². The molecule has 3 rings (SSSR count). The highest BCUT2D eigenvalue weighted by molar-refractivity contribution is 8.00. The molecule has 0 aromatic heterocycles. The highest BCUT2D eigenvalue weighted by atomic mass is 32.2. The number of nitrogens with zero attached hydrogens (tertiary/aromatic N) is 1. The Labute approximate surface area is 157 Å². The molecule has 1 amide bonds. The van der Waals surface area contributed by atoms with Crippen molar-refractivity contribution in [3.05, 3.63) is 60.2 Å². The van der Waals surface area contributed by atoms with E-state index in [-0.39, 0.29) is 23.5 Å². The predicted molar refractivity (Wildman–Crippen MR) is 102 cm³/mol. The van der Waals surface area contributed by atoms with Gasteiger partial charge in [-0.2, -0.15) is 0 Å². The van der Waals surface area contributed by atoms with Crippen LogP contribution < -0.4 is 9.47 Å². The van der Waals surface area contributed by atoms with Crippen LogP contribution in [0.2, 0.25) is 0 Å². The normalized spacial score (nSPS) is 16.3. The summed E-state index contributed by atoms with van der Waals surface area (Å²) in [6.07, 6.45) is -0.115. The lowest BCUT2D eigenvalue weighted by atomic mass is 10.1. The Kier molecular flexibility index (Phi) is 6.17. The first kappa shape index (κ1) is 18.3. The van der Waals surface area contributed by atoms with Gasteiger partial charge < -0.3 is 14.4 Å². The largest absolute Gasteiger partial charge is 0.493 e. The van der Waals surface area contributed by atoms with E-state index in [2.05, 4.69) is 0 Å². The summed E-state index contributed by atoms with van der Waals surface area (Å²) in [5, 5.41) is -0.101. The van der Waals surface area contributed by atoms with Crippen LogP contribution in [-0.2, 0) is 4.79 Å². The first-order valence-electron chi connectivity index (χ1n) is 8.44. The van der Waals surface area contributed by atoms with Crippen molar-refractivity contribution >= 4 is 23.5 Å². The van der Waals surface area contributed by atoms with Crippen LogP contribution in [0.15, 0.2) is 54.6 Å². The lowest BCUT2D eigenvalue weighted by Crippen LogP contribution is -2.39. The van der Waals surface area contributed by atoms with E-state index < -0.39 is 0 Å². The average Bonchev–Trinajstić information content (AvgIpc) is 3.16. The number of amides is 1. The second-order valence-corrected chi connectivity index (χ2v) is 7.13. The number of benzene rings is 2. The molecule has 0 N–H and O–H groups in total. The molecule has 1 atom stereocenters. The summed E-state index contributed by atoms with van der Waals surface area (Å²) >= 11 is 1.66. The minimum atomic E-state index is -0.156. The monoisotopic (exact) mass is 371 g/mol. The molecular weight excluding hydrogens is 350 g/mol. The van der Waals surface area contributed by atoms with Crippen molar-refractivity contribution in [3.8, 4) is 11.5 Å². The summed E-state index contributed by atoms with van der Waals surface area (Å²) in [5.74, 6) is 1.84. The summed E-state index contributed by atoms with van der Waals surface area (Å²) in [4.78, 5) is 26.6. The fourth-order valence-electron chi connectivity index (χ4n) is 2.81. The summed E-state index contributed by atoms with van der Waals surface area (Å²) in [7, 11) is 1.59. The van der Waals surface area contributed by atoms with Gasteiger partial charge in [0.1, 0.15) is 12.0 Å². The summed E-state index contributed by atoms with van der Waals surface area (Å²) in [5.41, 5.74) is 0.564. The number of hydrogen-bond donors (Lipinski definition) is 0. The Morgan fingerprint density at radius 3 is 2.50 bits per heavy atom. The highest BCUT2D eigenvalue weighted by Crippen LogP contribution is 2.29. The van der Waals surface area contributed by atoms with Crippen LogP contribution in [0.1, 0.15) is 16.8 Å². The van der Waals surface area contributed by atoms with Crippen LogP contribution in [0.4, 0.5) is 0 Å². The van der Waals surface area contributed by atoms with Gasteiger partial charge in [-0.05, 0) is 12.1 Å². The molecule has 1 aliphatic heterocycles. The molecule has 0 unspecified atom stereocenters. The standard InChI is InChI=1S/C20H21NO4S/c1-24-17-9-5-6-10-18(17)25-14-20-21(11-12-26-20)19(23)13-16(22)15-7-3-2-4-8-15/h2-10,20H,11-14H2,1H3/t20-/m1/s1. The molecule has 0 saturated carbocycles. The lowest BCUT2D eigenvalue weighted by molar-refractivity contribution is -0.130. The van der Waals surface area contributed by atoms with Crippen LogP contribution in [0.3, 0.4) is 0 Å². The van der Waals surface area contributed by atoms with Gasteiger partial charge in [0.15, 0.2) is 17.3 Å². The first-order valence-corrected chi connectivity index (χ1v) is 9.49. The Morgan fingerprint density at radius 1 is 1.08 bits per heavy atom. The molecular formula is C20H21NO4S. The molecule has 26 heavy (non-hydrogen) atoms. The molecule has 1 saturated heterocycles. The predicted octanol–water partition coefficient (Wildman–Crippen LogP) is 3.25. The smallest absolute Gasteiger partial charge is 0.231 e. The van der Waals surface area contributed by atoms with E-state index in [0.717, 1.165) is 5.75 Å². The minimum absolute atomic E-state index is 0.101. The SMILES string of the molecule is COc1ccccc1OC[C@H]1SCCN1C(=O)CC(=O)c1ccccc1. The van der Waals surface area contributed by atoms with Crippen molar-refractivity contribution in [2.75, 3.05) is 26.0 Å². The first-order chi connectivity index (χ1) is 12.7. The summed E-state index contributed by atoms with van der Waals surface area (Å²) in [6, 6.07) is 16.3. The molecule has 6 heteroatoms. The molecule has 0 spiro atoms. The summed E-state index contributed by atoms with van der Waals surface area (Å²) < 4.78 is 11.1. The van der Waals surface area contributed by atoms with Gasteiger partial charge >= 0.3 is 0 Å². The molecule has 1 aliphatic rings. The van der Waals surface area contributed by atoms with Crippen molar-refractivity contribution in [2.45, 2.75) is 11.8 Å². The van der Waals surface area contributed by atoms with E-state index in [1.165, 1.54) is 0 Å². The van der Waals surface area contributed by atoms with E-state index in [4.69, 9.17) is 9.47 Å². The van der Waals surface area contributed by atoms with Crippen LogP contribution >= 0.6 is 11.8 Å². The molecule has 5 nitrogen and oxygen atoms in total. The number of thioether (sulfide) groups is 1. The van der Waals surface area contributed by atoms with E-state index in [1.54, 1.807) is 48.0 Å². The third-order valence-corrected chi connectivity index (χ3v) is 5.36. The molecule has 0 aliphatic carbocycles. The van der Waals surface area contributed by atoms with Crippen molar-refractivity contribution in [1.29, 1.82) is 0 Å². The number of rotatable bonds is 7. The van der Waals surface area contributed by atoms with Crippen LogP contribution in [0.5, 0.6) is 11.5 Å². The van der Waals surface area contributed by atoms with Gasteiger partial charge in [-0.3, -0.25) is 9.59 Å². The van der Waals surface area contributed by atoms with E-state index >= 15 is 0 Å². The lowest BCUT2D eigenvalue weighted by Gasteiger charge is -2.24. The fraction of sp³-hybridized carbons (Fsp3) is 0.300. The molecule has 136 valence electrons. The van der Waals surface area contributed by atoms with Crippen LogP contribution in [0, 0.1) is 0 Å². The van der Waals surface area contributed by atoms with Gasteiger partial charge in [-0.15, -0.1) is 11.8 Å².